The Kier molecular flexibility index (Phi) is 7.10. The number of hydrogen-bond donors (Lipinski definition) is 2. The highest BCUT2D eigenvalue weighted by Gasteiger charge is 2.31. The van der Waals surface area contributed by atoms with E-state index in [0.29, 0.717) is 55.8 Å². The lowest BCUT2D eigenvalue weighted by Gasteiger charge is -2.31. The van der Waals surface area contributed by atoms with Gasteiger partial charge in [-0.1, -0.05) is 26.0 Å². The number of carbonyl (C=O) groups excluding carboxylic acids is 1. The fourth-order valence-electron chi connectivity index (χ4n) is 3.46. The largest absolute Gasteiger partial charge is 0.467 e. The van der Waals surface area contributed by atoms with Gasteiger partial charge < -0.3 is 14.6 Å². The third-order valence-corrected chi connectivity index (χ3v) is 7.49. The summed E-state index contributed by atoms with van der Waals surface area (Å²) in [7, 11) is -3.50. The minimum atomic E-state index is -3.50. The van der Waals surface area contributed by atoms with E-state index in [1.165, 1.54) is 4.31 Å². The quantitative estimate of drug-likeness (QED) is 0.667. The number of furan rings is 1. The molecule has 0 radical (unpaired) electrons. The summed E-state index contributed by atoms with van der Waals surface area (Å²) in [5.74, 6) is 1.06. The van der Waals surface area contributed by atoms with E-state index in [0.717, 1.165) is 16.9 Å². The summed E-state index contributed by atoms with van der Waals surface area (Å²) in [6.45, 7) is 7.00. The topological polar surface area (TPSA) is 84.1 Å². The second kappa shape index (κ2) is 9.56. The minimum absolute atomic E-state index is 0.0617. The van der Waals surface area contributed by atoms with Crippen LogP contribution in [0.25, 0.3) is 0 Å². The van der Waals surface area contributed by atoms with Crippen LogP contribution in [0.4, 0.5) is 0 Å². The molecule has 2 heterocycles. The Hall–Kier alpha value is -2.16. The van der Waals surface area contributed by atoms with Gasteiger partial charge in [0.05, 0.1) is 43.9 Å². The molecule has 158 valence electrons. The van der Waals surface area contributed by atoms with Crippen molar-refractivity contribution in [1.82, 2.24) is 9.62 Å². The number of carbonyl (C=O) groups is 1. The van der Waals surface area contributed by atoms with Crippen molar-refractivity contribution in [3.8, 4) is 0 Å². The molecule has 0 saturated carbocycles. The Morgan fingerprint density at radius 3 is 2.48 bits per heavy atom. The number of sulfonamides is 1. The number of piperazine rings is 1. The molecule has 29 heavy (non-hydrogen) atoms. The van der Waals surface area contributed by atoms with Gasteiger partial charge >= 0.3 is 0 Å². The Labute approximate surface area is 172 Å². The summed E-state index contributed by atoms with van der Waals surface area (Å²) < 4.78 is 32.6. The van der Waals surface area contributed by atoms with Gasteiger partial charge in [-0.2, -0.15) is 4.31 Å². The molecule has 7 nitrogen and oxygen atoms in total. The average molecular weight is 421 g/mol. The van der Waals surface area contributed by atoms with E-state index in [1.807, 2.05) is 18.2 Å². The lowest BCUT2D eigenvalue weighted by Crippen LogP contribution is -3.15. The first-order valence-corrected chi connectivity index (χ1v) is 11.6. The van der Waals surface area contributed by atoms with Crippen LogP contribution in [0.1, 0.15) is 37.5 Å². The van der Waals surface area contributed by atoms with Crippen molar-refractivity contribution in [3.05, 3.63) is 54.0 Å². The highest BCUT2D eigenvalue weighted by molar-refractivity contribution is 7.89. The van der Waals surface area contributed by atoms with E-state index < -0.39 is 10.0 Å². The van der Waals surface area contributed by atoms with E-state index in [1.54, 1.807) is 24.5 Å². The zero-order valence-corrected chi connectivity index (χ0v) is 17.9. The number of quaternary nitrogens is 1. The SMILES string of the molecule is CC[C@@H](C)c1ccc(S(=O)(=O)N2CC[NH+](CC(=O)NCc3ccco3)CC2)cc1. The van der Waals surface area contributed by atoms with Gasteiger partial charge in [-0.15, -0.1) is 0 Å². The van der Waals surface area contributed by atoms with Crippen LogP contribution in [0.3, 0.4) is 0 Å². The van der Waals surface area contributed by atoms with E-state index in [4.69, 9.17) is 4.42 Å². The fourth-order valence-corrected chi connectivity index (χ4v) is 4.90. The van der Waals surface area contributed by atoms with Crippen LogP contribution in [-0.4, -0.2) is 51.4 Å². The Bertz CT molecular complexity index is 887. The van der Waals surface area contributed by atoms with Crippen LogP contribution in [-0.2, 0) is 21.4 Å². The van der Waals surface area contributed by atoms with Crippen LogP contribution >= 0.6 is 0 Å². The average Bonchev–Trinajstić information content (AvgIpc) is 3.26. The number of hydrogen-bond acceptors (Lipinski definition) is 4. The molecule has 0 spiro atoms. The van der Waals surface area contributed by atoms with Crippen molar-refractivity contribution in [2.24, 2.45) is 0 Å². The molecular formula is C21H30N3O4S+. The van der Waals surface area contributed by atoms with E-state index in [-0.39, 0.29) is 5.91 Å². The van der Waals surface area contributed by atoms with Crippen molar-refractivity contribution >= 4 is 15.9 Å². The van der Waals surface area contributed by atoms with Crippen LogP contribution in [0, 0.1) is 0 Å². The van der Waals surface area contributed by atoms with Crippen molar-refractivity contribution in [1.29, 1.82) is 0 Å². The maximum absolute atomic E-state index is 12.9. The van der Waals surface area contributed by atoms with Gasteiger partial charge in [-0.05, 0) is 42.2 Å². The van der Waals surface area contributed by atoms with Crippen LogP contribution in [0.5, 0.6) is 0 Å². The van der Waals surface area contributed by atoms with Gasteiger partial charge in [0.15, 0.2) is 6.54 Å². The molecule has 0 aliphatic carbocycles. The lowest BCUT2D eigenvalue weighted by molar-refractivity contribution is -0.895. The molecule has 8 heteroatoms. The van der Waals surface area contributed by atoms with Gasteiger partial charge in [0.1, 0.15) is 5.76 Å². The maximum Gasteiger partial charge on any atom is 0.275 e. The summed E-state index contributed by atoms with van der Waals surface area (Å²) >= 11 is 0. The van der Waals surface area contributed by atoms with Gasteiger partial charge in [0.2, 0.25) is 10.0 Å². The predicted octanol–water partition coefficient (Wildman–Crippen LogP) is 0.999. The summed E-state index contributed by atoms with van der Waals surface area (Å²) in [5, 5.41) is 2.83. The summed E-state index contributed by atoms with van der Waals surface area (Å²) in [5.41, 5.74) is 1.15. The molecule has 3 rings (SSSR count). The van der Waals surface area contributed by atoms with E-state index >= 15 is 0 Å². The Balaban J connectivity index is 1.50. The highest BCUT2D eigenvalue weighted by Crippen LogP contribution is 2.22. The molecule has 2 N–H and O–H groups in total. The van der Waals surface area contributed by atoms with E-state index in [2.05, 4.69) is 19.2 Å². The monoisotopic (exact) mass is 420 g/mol. The normalized spacial score (nSPS) is 17.2. The van der Waals surface area contributed by atoms with Gasteiger partial charge in [-0.25, -0.2) is 8.42 Å². The molecule has 1 aromatic carbocycles. The molecule has 1 atom stereocenters. The first kappa shape index (κ1) is 21.5. The van der Waals surface area contributed by atoms with Gasteiger partial charge in [-0.3, -0.25) is 4.79 Å². The Morgan fingerprint density at radius 2 is 1.90 bits per heavy atom. The Morgan fingerprint density at radius 1 is 1.21 bits per heavy atom. The lowest BCUT2D eigenvalue weighted by atomic mass is 9.99. The number of rotatable bonds is 8. The molecule has 1 fully saturated rings. The number of benzene rings is 1. The second-order valence-corrected chi connectivity index (χ2v) is 9.50. The maximum atomic E-state index is 12.9. The zero-order chi connectivity index (χ0) is 20.9. The first-order chi connectivity index (χ1) is 13.9. The van der Waals surface area contributed by atoms with Crippen molar-refractivity contribution in [2.45, 2.75) is 37.6 Å². The molecular weight excluding hydrogens is 390 g/mol. The van der Waals surface area contributed by atoms with Crippen molar-refractivity contribution in [2.75, 3.05) is 32.7 Å². The van der Waals surface area contributed by atoms with Crippen LogP contribution < -0.4 is 10.2 Å². The molecule has 2 aromatic rings. The van der Waals surface area contributed by atoms with Gasteiger partial charge in [0, 0.05) is 0 Å². The summed E-state index contributed by atoms with van der Waals surface area (Å²) in [4.78, 5) is 13.5. The van der Waals surface area contributed by atoms with Gasteiger partial charge in [0.25, 0.3) is 5.91 Å². The predicted molar refractivity (Wildman–Crippen MR) is 110 cm³/mol. The van der Waals surface area contributed by atoms with Crippen LogP contribution in [0.15, 0.2) is 52.0 Å². The minimum Gasteiger partial charge on any atom is -0.467 e. The molecule has 0 unspecified atom stereocenters. The molecule has 0 bridgehead atoms. The van der Waals surface area contributed by atoms with Crippen molar-refractivity contribution < 1.29 is 22.5 Å². The number of amides is 1. The summed E-state index contributed by atoms with van der Waals surface area (Å²) in [6, 6.07) is 10.8. The van der Waals surface area contributed by atoms with Crippen LogP contribution in [0.2, 0.25) is 0 Å². The zero-order valence-electron chi connectivity index (χ0n) is 17.1. The molecule has 1 aliphatic heterocycles. The molecule has 1 aromatic heterocycles. The second-order valence-electron chi connectivity index (χ2n) is 7.57. The highest BCUT2D eigenvalue weighted by atomic mass is 32.2. The summed E-state index contributed by atoms with van der Waals surface area (Å²) in [6.07, 6.45) is 2.59. The third kappa shape index (κ3) is 5.46. The fraction of sp³-hybridized carbons (Fsp3) is 0.476. The van der Waals surface area contributed by atoms with E-state index in [9.17, 15) is 13.2 Å². The molecule has 1 amide bonds. The number of nitrogens with one attached hydrogen (secondary N) is 2. The molecule has 1 saturated heterocycles. The van der Waals surface area contributed by atoms with Crippen molar-refractivity contribution in [3.63, 3.8) is 0 Å². The first-order valence-electron chi connectivity index (χ1n) is 10.1. The third-order valence-electron chi connectivity index (χ3n) is 5.58. The standard InChI is InChI=1S/C21H29N3O4S/c1-3-17(2)18-6-8-20(9-7-18)29(26,27)24-12-10-23(11-13-24)16-21(25)22-15-19-5-4-14-28-19/h4-9,14,17H,3,10-13,15-16H2,1-2H3,(H,22,25)/p+1/t17-/m1/s1. The smallest absolute Gasteiger partial charge is 0.275 e. The number of nitrogens with zero attached hydrogens (tertiary/aromatic N) is 1. The molecule has 1 aliphatic rings.